The van der Waals surface area contributed by atoms with Gasteiger partial charge in [0.15, 0.2) is 0 Å². The zero-order valence-corrected chi connectivity index (χ0v) is 10.5. The van der Waals surface area contributed by atoms with Crippen LogP contribution < -0.4 is 5.32 Å². The summed E-state index contributed by atoms with van der Waals surface area (Å²) in [7, 11) is 2.00. The van der Waals surface area contributed by atoms with Gasteiger partial charge in [0, 0.05) is 19.7 Å². The molecule has 0 fully saturated rings. The van der Waals surface area contributed by atoms with Crippen molar-refractivity contribution in [2.24, 2.45) is 7.05 Å². The van der Waals surface area contributed by atoms with Gasteiger partial charge in [-0.1, -0.05) is 6.92 Å². The Balaban J connectivity index is 2.57. The highest BCUT2D eigenvalue weighted by Gasteiger charge is 2.11. The van der Waals surface area contributed by atoms with Gasteiger partial charge >= 0.3 is 0 Å². The summed E-state index contributed by atoms with van der Waals surface area (Å²) in [6, 6.07) is 0.335. The van der Waals surface area contributed by atoms with E-state index in [9.17, 15) is 0 Å². The SMILES string of the molecule is CC#CCCC(NCCC)c1cn(C)cn1. The average molecular weight is 219 g/mol. The summed E-state index contributed by atoms with van der Waals surface area (Å²) >= 11 is 0. The molecule has 1 aromatic rings. The van der Waals surface area contributed by atoms with Gasteiger partial charge in [0.1, 0.15) is 0 Å². The minimum absolute atomic E-state index is 0.335. The molecule has 3 heteroatoms. The fraction of sp³-hybridized carbons (Fsp3) is 0.615. The summed E-state index contributed by atoms with van der Waals surface area (Å²) in [5.74, 6) is 6.04. The molecule has 1 aromatic heterocycles. The van der Waals surface area contributed by atoms with Crippen molar-refractivity contribution in [1.29, 1.82) is 0 Å². The minimum Gasteiger partial charge on any atom is -0.340 e. The highest BCUT2D eigenvalue weighted by atomic mass is 15.0. The van der Waals surface area contributed by atoms with E-state index in [2.05, 4.69) is 35.3 Å². The zero-order chi connectivity index (χ0) is 11.8. The lowest BCUT2D eigenvalue weighted by Gasteiger charge is -2.14. The van der Waals surface area contributed by atoms with Crippen LogP contribution in [0.2, 0.25) is 0 Å². The van der Waals surface area contributed by atoms with Gasteiger partial charge in [-0.05, 0) is 26.3 Å². The Morgan fingerprint density at radius 3 is 2.94 bits per heavy atom. The molecular weight excluding hydrogens is 198 g/mol. The van der Waals surface area contributed by atoms with Gasteiger partial charge < -0.3 is 9.88 Å². The van der Waals surface area contributed by atoms with Crippen molar-refractivity contribution >= 4 is 0 Å². The lowest BCUT2D eigenvalue weighted by Crippen LogP contribution is -2.22. The Bertz CT molecular complexity index is 357. The number of hydrogen-bond acceptors (Lipinski definition) is 2. The highest BCUT2D eigenvalue weighted by molar-refractivity contribution is 5.05. The van der Waals surface area contributed by atoms with E-state index in [0.29, 0.717) is 6.04 Å². The van der Waals surface area contributed by atoms with Gasteiger partial charge in [-0.2, -0.15) is 0 Å². The molecule has 0 amide bonds. The molecular formula is C13H21N3. The first-order valence-electron chi connectivity index (χ1n) is 5.88. The van der Waals surface area contributed by atoms with Gasteiger partial charge in [-0.25, -0.2) is 4.98 Å². The molecule has 0 aliphatic carbocycles. The van der Waals surface area contributed by atoms with Crippen LogP contribution in [-0.4, -0.2) is 16.1 Å². The van der Waals surface area contributed by atoms with E-state index in [0.717, 1.165) is 31.5 Å². The molecule has 1 unspecified atom stereocenters. The van der Waals surface area contributed by atoms with Gasteiger partial charge in [-0.3, -0.25) is 0 Å². The third kappa shape index (κ3) is 4.08. The predicted octanol–water partition coefficient (Wildman–Crippen LogP) is 2.26. The van der Waals surface area contributed by atoms with Crippen LogP contribution in [0.5, 0.6) is 0 Å². The normalized spacial score (nSPS) is 11.9. The summed E-state index contributed by atoms with van der Waals surface area (Å²) in [4.78, 5) is 4.40. The van der Waals surface area contributed by atoms with Crippen LogP contribution in [0.15, 0.2) is 12.5 Å². The Morgan fingerprint density at radius 2 is 2.38 bits per heavy atom. The highest BCUT2D eigenvalue weighted by Crippen LogP contribution is 2.15. The standard InChI is InChI=1S/C13H21N3/c1-4-6-7-8-12(14-9-5-2)13-10-16(3)11-15-13/h10-12,14H,5,7-9H2,1-3H3. The predicted molar refractivity (Wildman–Crippen MR) is 66.9 cm³/mol. The first-order valence-corrected chi connectivity index (χ1v) is 5.88. The van der Waals surface area contributed by atoms with Gasteiger partial charge in [0.05, 0.1) is 18.1 Å². The van der Waals surface area contributed by atoms with Gasteiger partial charge in [0.25, 0.3) is 0 Å². The topological polar surface area (TPSA) is 29.9 Å². The first kappa shape index (κ1) is 12.8. The maximum atomic E-state index is 4.40. The molecule has 1 atom stereocenters. The molecule has 0 aliphatic heterocycles. The number of imidazole rings is 1. The van der Waals surface area contributed by atoms with Crippen LogP contribution in [0.3, 0.4) is 0 Å². The van der Waals surface area contributed by atoms with E-state index >= 15 is 0 Å². The lowest BCUT2D eigenvalue weighted by atomic mass is 10.1. The molecule has 0 spiro atoms. The summed E-state index contributed by atoms with van der Waals surface area (Å²) in [5.41, 5.74) is 1.12. The number of nitrogens with zero attached hydrogens (tertiary/aromatic N) is 2. The van der Waals surface area contributed by atoms with E-state index in [4.69, 9.17) is 0 Å². The second-order valence-corrected chi connectivity index (χ2v) is 3.94. The summed E-state index contributed by atoms with van der Waals surface area (Å²) < 4.78 is 1.99. The molecule has 0 bridgehead atoms. The number of hydrogen-bond donors (Lipinski definition) is 1. The number of aromatic nitrogens is 2. The van der Waals surface area contributed by atoms with Crippen molar-refractivity contribution in [2.45, 2.75) is 39.2 Å². The fourth-order valence-electron chi connectivity index (χ4n) is 1.63. The van der Waals surface area contributed by atoms with E-state index in [-0.39, 0.29) is 0 Å². The van der Waals surface area contributed by atoms with Crippen LogP contribution in [-0.2, 0) is 7.05 Å². The van der Waals surface area contributed by atoms with Crippen molar-refractivity contribution < 1.29 is 0 Å². The first-order chi connectivity index (χ1) is 7.77. The van der Waals surface area contributed by atoms with E-state index in [1.54, 1.807) is 0 Å². The number of aryl methyl sites for hydroxylation is 1. The molecule has 1 heterocycles. The van der Waals surface area contributed by atoms with Gasteiger partial charge in [-0.15, -0.1) is 11.8 Å². The van der Waals surface area contributed by atoms with Crippen molar-refractivity contribution in [1.82, 2.24) is 14.9 Å². The van der Waals surface area contributed by atoms with Crippen molar-refractivity contribution in [3.63, 3.8) is 0 Å². The Hall–Kier alpha value is -1.27. The van der Waals surface area contributed by atoms with Crippen molar-refractivity contribution in [3.8, 4) is 11.8 Å². The molecule has 0 aromatic carbocycles. The van der Waals surface area contributed by atoms with Crippen LogP contribution in [0.25, 0.3) is 0 Å². The monoisotopic (exact) mass is 219 g/mol. The summed E-state index contributed by atoms with van der Waals surface area (Å²) in [5, 5.41) is 3.51. The van der Waals surface area contributed by atoms with Crippen LogP contribution in [0.4, 0.5) is 0 Å². The number of rotatable bonds is 6. The van der Waals surface area contributed by atoms with Gasteiger partial charge in [0.2, 0.25) is 0 Å². The van der Waals surface area contributed by atoms with Crippen molar-refractivity contribution in [3.05, 3.63) is 18.2 Å². The molecule has 0 aliphatic rings. The Kier molecular flexibility index (Phi) is 5.66. The molecule has 88 valence electrons. The maximum Gasteiger partial charge on any atom is 0.0947 e. The molecule has 1 rings (SSSR count). The molecule has 16 heavy (non-hydrogen) atoms. The Labute approximate surface area is 98.3 Å². The van der Waals surface area contributed by atoms with Crippen molar-refractivity contribution in [2.75, 3.05) is 6.54 Å². The maximum absolute atomic E-state index is 4.40. The van der Waals surface area contributed by atoms with E-state index < -0.39 is 0 Å². The third-order valence-corrected chi connectivity index (χ3v) is 2.46. The third-order valence-electron chi connectivity index (χ3n) is 2.46. The molecule has 0 saturated carbocycles. The van der Waals surface area contributed by atoms with Crippen LogP contribution in [0, 0.1) is 11.8 Å². The smallest absolute Gasteiger partial charge is 0.0947 e. The molecule has 0 saturated heterocycles. The largest absolute Gasteiger partial charge is 0.340 e. The molecule has 3 nitrogen and oxygen atoms in total. The summed E-state index contributed by atoms with van der Waals surface area (Å²) in [6.45, 7) is 5.09. The van der Waals surface area contributed by atoms with Crippen LogP contribution in [0.1, 0.15) is 44.8 Å². The minimum atomic E-state index is 0.335. The quantitative estimate of drug-likeness (QED) is 0.744. The Morgan fingerprint density at radius 1 is 1.56 bits per heavy atom. The van der Waals surface area contributed by atoms with E-state index in [1.807, 2.05) is 24.9 Å². The zero-order valence-electron chi connectivity index (χ0n) is 10.5. The average Bonchev–Trinajstić information content (AvgIpc) is 2.70. The van der Waals surface area contributed by atoms with E-state index in [1.165, 1.54) is 0 Å². The summed E-state index contributed by atoms with van der Waals surface area (Å²) in [6.07, 6.45) is 7.02. The second kappa shape index (κ2) is 7.08. The van der Waals surface area contributed by atoms with Crippen LogP contribution >= 0.6 is 0 Å². The lowest BCUT2D eigenvalue weighted by molar-refractivity contribution is 0.496. The number of nitrogens with one attached hydrogen (secondary N) is 1. The molecule has 1 N–H and O–H groups in total. The molecule has 0 radical (unpaired) electrons. The fourth-order valence-corrected chi connectivity index (χ4v) is 1.63. The second-order valence-electron chi connectivity index (χ2n) is 3.94.